The van der Waals surface area contributed by atoms with Crippen molar-refractivity contribution >= 4 is 11.6 Å². The summed E-state index contributed by atoms with van der Waals surface area (Å²) in [6, 6.07) is 5.64. The van der Waals surface area contributed by atoms with Crippen molar-refractivity contribution in [3.05, 3.63) is 28.8 Å². The highest BCUT2D eigenvalue weighted by molar-refractivity contribution is 6.30. The van der Waals surface area contributed by atoms with E-state index in [1.165, 1.54) is 0 Å². The van der Waals surface area contributed by atoms with E-state index in [1.807, 2.05) is 25.2 Å². The van der Waals surface area contributed by atoms with Crippen molar-refractivity contribution < 1.29 is 9.47 Å². The quantitative estimate of drug-likeness (QED) is 0.840. The number of methoxy groups -OCH3 is 2. The van der Waals surface area contributed by atoms with E-state index < -0.39 is 0 Å². The maximum absolute atomic E-state index is 5.95. The van der Waals surface area contributed by atoms with Crippen molar-refractivity contribution in [2.45, 2.75) is 6.04 Å². The zero-order valence-electron chi connectivity index (χ0n) is 9.21. The second-order valence-electron chi connectivity index (χ2n) is 3.18. The van der Waals surface area contributed by atoms with Crippen molar-refractivity contribution in [3.63, 3.8) is 0 Å². The molecule has 0 saturated carbocycles. The summed E-state index contributed by atoms with van der Waals surface area (Å²) < 4.78 is 10.4. The molecule has 0 aliphatic carbocycles. The number of hydrogen-bond acceptors (Lipinski definition) is 3. The van der Waals surface area contributed by atoms with Crippen molar-refractivity contribution in [2.24, 2.45) is 0 Å². The Kier molecular flexibility index (Phi) is 4.88. The van der Waals surface area contributed by atoms with Gasteiger partial charge in [0.05, 0.1) is 19.8 Å². The number of rotatable bonds is 5. The second-order valence-corrected chi connectivity index (χ2v) is 3.62. The van der Waals surface area contributed by atoms with Gasteiger partial charge in [0, 0.05) is 17.7 Å². The highest BCUT2D eigenvalue weighted by Gasteiger charge is 2.14. The number of ether oxygens (including phenoxy) is 2. The minimum absolute atomic E-state index is 0.0867. The summed E-state index contributed by atoms with van der Waals surface area (Å²) >= 11 is 5.95. The summed E-state index contributed by atoms with van der Waals surface area (Å²) in [7, 11) is 5.19. The Hall–Kier alpha value is -0.770. The van der Waals surface area contributed by atoms with Crippen molar-refractivity contribution in [2.75, 3.05) is 27.9 Å². The molecule has 0 bridgehead atoms. The molecule has 1 atom stereocenters. The van der Waals surface area contributed by atoms with Gasteiger partial charge in [0.25, 0.3) is 0 Å². The molecule has 0 fully saturated rings. The molecule has 0 spiro atoms. The lowest BCUT2D eigenvalue weighted by atomic mass is 10.1. The Morgan fingerprint density at radius 3 is 2.67 bits per heavy atom. The third-order valence-electron chi connectivity index (χ3n) is 2.25. The topological polar surface area (TPSA) is 30.5 Å². The molecule has 84 valence electrons. The summed E-state index contributed by atoms with van der Waals surface area (Å²) in [5, 5.41) is 3.85. The van der Waals surface area contributed by atoms with Gasteiger partial charge in [-0.2, -0.15) is 0 Å². The number of halogens is 1. The predicted molar refractivity (Wildman–Crippen MR) is 61.7 cm³/mol. The van der Waals surface area contributed by atoms with E-state index >= 15 is 0 Å². The first-order valence-corrected chi connectivity index (χ1v) is 5.10. The molecule has 0 heterocycles. The molecule has 1 unspecified atom stereocenters. The molecule has 4 heteroatoms. The fourth-order valence-electron chi connectivity index (χ4n) is 1.47. The zero-order valence-corrected chi connectivity index (χ0v) is 9.97. The van der Waals surface area contributed by atoms with Gasteiger partial charge in [-0.3, -0.25) is 0 Å². The van der Waals surface area contributed by atoms with Gasteiger partial charge in [-0.15, -0.1) is 0 Å². The van der Waals surface area contributed by atoms with E-state index in [-0.39, 0.29) is 6.04 Å². The molecule has 1 N–H and O–H groups in total. The van der Waals surface area contributed by atoms with Crippen molar-refractivity contribution in [1.82, 2.24) is 5.32 Å². The Morgan fingerprint density at radius 2 is 2.13 bits per heavy atom. The van der Waals surface area contributed by atoms with Gasteiger partial charge in [0.2, 0.25) is 0 Å². The zero-order chi connectivity index (χ0) is 11.3. The van der Waals surface area contributed by atoms with E-state index in [9.17, 15) is 0 Å². The molecule has 0 saturated heterocycles. The largest absolute Gasteiger partial charge is 0.496 e. The highest BCUT2D eigenvalue weighted by atomic mass is 35.5. The lowest BCUT2D eigenvalue weighted by molar-refractivity contribution is 0.169. The normalized spacial score (nSPS) is 12.5. The van der Waals surface area contributed by atoms with Crippen molar-refractivity contribution in [1.29, 1.82) is 0 Å². The van der Waals surface area contributed by atoms with Gasteiger partial charge in [-0.25, -0.2) is 0 Å². The van der Waals surface area contributed by atoms with Gasteiger partial charge in [0.15, 0.2) is 0 Å². The number of benzene rings is 1. The minimum Gasteiger partial charge on any atom is -0.496 e. The second kappa shape index (κ2) is 5.95. The first-order valence-electron chi connectivity index (χ1n) is 4.72. The molecule has 1 rings (SSSR count). The molecular formula is C11H16ClNO2. The van der Waals surface area contributed by atoms with Crippen LogP contribution in [-0.2, 0) is 4.74 Å². The number of likely N-dealkylation sites (N-methyl/N-ethyl adjacent to an activating group) is 1. The third kappa shape index (κ3) is 3.09. The van der Waals surface area contributed by atoms with E-state index in [1.54, 1.807) is 14.2 Å². The van der Waals surface area contributed by atoms with Gasteiger partial charge in [-0.05, 0) is 25.2 Å². The first-order chi connectivity index (χ1) is 7.22. The summed E-state index contributed by atoms with van der Waals surface area (Å²) in [6.45, 7) is 0.577. The molecule has 0 aliphatic heterocycles. The van der Waals surface area contributed by atoms with Crippen LogP contribution in [0, 0.1) is 0 Å². The summed E-state index contributed by atoms with van der Waals surface area (Å²) in [5.74, 6) is 0.816. The van der Waals surface area contributed by atoms with Crippen LogP contribution in [-0.4, -0.2) is 27.9 Å². The van der Waals surface area contributed by atoms with Crippen LogP contribution in [0.25, 0.3) is 0 Å². The Balaban J connectivity index is 3.02. The average molecular weight is 230 g/mol. The monoisotopic (exact) mass is 229 g/mol. The first kappa shape index (κ1) is 12.3. The van der Waals surface area contributed by atoms with Gasteiger partial charge in [0.1, 0.15) is 5.75 Å². The van der Waals surface area contributed by atoms with E-state index in [2.05, 4.69) is 5.32 Å². The average Bonchev–Trinajstić information content (AvgIpc) is 2.26. The SMILES string of the molecule is CNC(COC)c1cc(Cl)ccc1OC. The van der Waals surface area contributed by atoms with E-state index in [0.29, 0.717) is 11.6 Å². The number of nitrogens with one attached hydrogen (secondary N) is 1. The fraction of sp³-hybridized carbons (Fsp3) is 0.455. The van der Waals surface area contributed by atoms with Gasteiger partial charge >= 0.3 is 0 Å². The van der Waals surface area contributed by atoms with Crippen LogP contribution in [0.15, 0.2) is 18.2 Å². The van der Waals surface area contributed by atoms with Crippen LogP contribution >= 0.6 is 11.6 Å². The summed E-state index contributed by atoms with van der Waals surface area (Å²) in [6.07, 6.45) is 0. The maximum atomic E-state index is 5.95. The van der Waals surface area contributed by atoms with Crippen molar-refractivity contribution in [3.8, 4) is 5.75 Å². The smallest absolute Gasteiger partial charge is 0.123 e. The van der Waals surface area contributed by atoms with Crippen LogP contribution in [0.1, 0.15) is 11.6 Å². The predicted octanol–water partition coefficient (Wildman–Crippen LogP) is 2.26. The summed E-state index contributed by atoms with van der Waals surface area (Å²) in [5.41, 5.74) is 1.01. The third-order valence-corrected chi connectivity index (χ3v) is 2.48. The van der Waals surface area contributed by atoms with E-state index in [4.69, 9.17) is 21.1 Å². The van der Waals surface area contributed by atoms with Gasteiger partial charge in [-0.1, -0.05) is 11.6 Å². The molecular weight excluding hydrogens is 214 g/mol. The highest BCUT2D eigenvalue weighted by Crippen LogP contribution is 2.28. The van der Waals surface area contributed by atoms with Gasteiger partial charge < -0.3 is 14.8 Å². The molecule has 0 aliphatic rings. The lowest BCUT2D eigenvalue weighted by Crippen LogP contribution is -2.21. The molecule has 15 heavy (non-hydrogen) atoms. The fourth-order valence-corrected chi connectivity index (χ4v) is 1.65. The molecule has 0 amide bonds. The van der Waals surface area contributed by atoms with Crippen LogP contribution in [0.4, 0.5) is 0 Å². The van der Waals surface area contributed by atoms with Crippen LogP contribution < -0.4 is 10.1 Å². The Labute approximate surface area is 95.3 Å². The molecule has 1 aromatic carbocycles. The standard InChI is InChI=1S/C11H16ClNO2/c1-13-10(7-14-2)9-6-8(12)4-5-11(9)15-3/h4-6,10,13H,7H2,1-3H3. The lowest BCUT2D eigenvalue weighted by Gasteiger charge is -2.18. The van der Waals surface area contributed by atoms with E-state index in [0.717, 1.165) is 11.3 Å². The molecule has 3 nitrogen and oxygen atoms in total. The Morgan fingerprint density at radius 1 is 1.40 bits per heavy atom. The maximum Gasteiger partial charge on any atom is 0.123 e. The summed E-state index contributed by atoms with van der Waals surface area (Å²) in [4.78, 5) is 0. The molecule has 0 radical (unpaired) electrons. The number of hydrogen-bond donors (Lipinski definition) is 1. The molecule has 1 aromatic rings. The minimum atomic E-state index is 0.0867. The Bertz CT molecular complexity index is 317. The van der Waals surface area contributed by atoms with Crippen LogP contribution in [0.5, 0.6) is 5.75 Å². The van der Waals surface area contributed by atoms with Crippen LogP contribution in [0.3, 0.4) is 0 Å². The van der Waals surface area contributed by atoms with Crippen LogP contribution in [0.2, 0.25) is 5.02 Å². The molecule has 0 aromatic heterocycles.